The SMILES string of the molecule is CC(=O)N(CCCN(C)C)c1ccc(N/C(=C2\C(=O)Nc3cc(C(=O)O)ccc32)c2ccccc2)cc1. The third-order valence-electron chi connectivity index (χ3n) is 6.14. The van der Waals surface area contributed by atoms with Gasteiger partial charge in [0.15, 0.2) is 0 Å². The van der Waals surface area contributed by atoms with Gasteiger partial charge < -0.3 is 25.5 Å². The summed E-state index contributed by atoms with van der Waals surface area (Å²) < 4.78 is 0. The molecule has 0 radical (unpaired) electrons. The number of rotatable bonds is 9. The predicted molar refractivity (Wildman–Crippen MR) is 147 cm³/mol. The van der Waals surface area contributed by atoms with Gasteiger partial charge in [0.05, 0.1) is 22.5 Å². The maximum Gasteiger partial charge on any atom is 0.335 e. The Morgan fingerprint density at radius 1 is 0.919 bits per heavy atom. The quantitative estimate of drug-likeness (QED) is 0.372. The summed E-state index contributed by atoms with van der Waals surface area (Å²) in [5, 5.41) is 15.5. The number of carboxylic acids is 1. The molecule has 1 heterocycles. The molecule has 1 aliphatic heterocycles. The van der Waals surface area contributed by atoms with Crippen molar-refractivity contribution in [3.8, 4) is 0 Å². The van der Waals surface area contributed by atoms with Gasteiger partial charge in [-0.1, -0.05) is 36.4 Å². The van der Waals surface area contributed by atoms with Crippen LogP contribution in [0.25, 0.3) is 11.3 Å². The van der Waals surface area contributed by atoms with Gasteiger partial charge in [-0.15, -0.1) is 0 Å². The largest absolute Gasteiger partial charge is 0.478 e. The van der Waals surface area contributed by atoms with Crippen molar-refractivity contribution in [2.75, 3.05) is 42.7 Å². The molecule has 0 saturated heterocycles. The van der Waals surface area contributed by atoms with Crippen LogP contribution in [-0.4, -0.2) is 55.0 Å². The van der Waals surface area contributed by atoms with Crippen LogP contribution < -0.4 is 15.5 Å². The highest BCUT2D eigenvalue weighted by Gasteiger charge is 2.29. The Balaban J connectivity index is 1.68. The van der Waals surface area contributed by atoms with Gasteiger partial charge in [0.25, 0.3) is 5.91 Å². The summed E-state index contributed by atoms with van der Waals surface area (Å²) in [6, 6.07) is 21.6. The number of carbonyl (C=O) groups is 3. The van der Waals surface area contributed by atoms with Gasteiger partial charge in [-0.2, -0.15) is 0 Å². The van der Waals surface area contributed by atoms with Crippen molar-refractivity contribution in [1.82, 2.24) is 4.90 Å². The van der Waals surface area contributed by atoms with Crippen molar-refractivity contribution >= 4 is 46.1 Å². The lowest BCUT2D eigenvalue weighted by atomic mass is 9.99. The van der Waals surface area contributed by atoms with Crippen molar-refractivity contribution in [1.29, 1.82) is 0 Å². The fraction of sp³-hybridized carbons (Fsp3) is 0.207. The monoisotopic (exact) mass is 498 g/mol. The molecule has 0 saturated carbocycles. The molecule has 0 bridgehead atoms. The fourth-order valence-electron chi connectivity index (χ4n) is 4.32. The van der Waals surface area contributed by atoms with E-state index in [4.69, 9.17) is 0 Å². The molecule has 0 spiro atoms. The topological polar surface area (TPSA) is 102 Å². The Kier molecular flexibility index (Phi) is 7.69. The Morgan fingerprint density at radius 3 is 2.24 bits per heavy atom. The molecule has 0 aromatic heterocycles. The number of carbonyl (C=O) groups excluding carboxylic acids is 2. The highest BCUT2D eigenvalue weighted by molar-refractivity contribution is 6.37. The number of nitrogens with zero attached hydrogens (tertiary/aromatic N) is 2. The molecule has 8 heteroatoms. The van der Waals surface area contributed by atoms with E-state index in [0.717, 1.165) is 29.9 Å². The lowest BCUT2D eigenvalue weighted by Gasteiger charge is -2.23. The van der Waals surface area contributed by atoms with Crippen molar-refractivity contribution < 1.29 is 19.5 Å². The van der Waals surface area contributed by atoms with E-state index < -0.39 is 5.97 Å². The molecular weight excluding hydrogens is 468 g/mol. The van der Waals surface area contributed by atoms with Crippen LogP contribution in [0.3, 0.4) is 0 Å². The van der Waals surface area contributed by atoms with Crippen LogP contribution in [0.1, 0.15) is 34.8 Å². The molecule has 37 heavy (non-hydrogen) atoms. The number of aromatic carboxylic acids is 1. The summed E-state index contributed by atoms with van der Waals surface area (Å²) in [5.41, 5.74) is 4.57. The molecule has 8 nitrogen and oxygen atoms in total. The molecule has 4 rings (SSSR count). The lowest BCUT2D eigenvalue weighted by Crippen LogP contribution is -2.31. The molecule has 3 aromatic rings. The minimum Gasteiger partial charge on any atom is -0.478 e. The normalized spacial score (nSPS) is 13.7. The molecule has 2 amide bonds. The average Bonchev–Trinajstić information content (AvgIpc) is 3.20. The zero-order valence-electron chi connectivity index (χ0n) is 21.1. The van der Waals surface area contributed by atoms with E-state index in [1.165, 1.54) is 12.1 Å². The number of anilines is 3. The number of amides is 2. The standard InChI is InChI=1S/C29H30N4O4/c1-19(34)33(17-7-16-32(2)3)23-13-11-22(12-14-23)30-27(20-8-5-4-6-9-20)26-24-15-10-21(29(36)37)18-25(24)31-28(26)35/h4-6,8-15,18,30H,7,16-17H2,1-3H3,(H,31,35)(H,36,37)/b27-26-. The zero-order chi connectivity index (χ0) is 26.5. The van der Waals surface area contributed by atoms with E-state index >= 15 is 0 Å². The Labute approximate surface area is 216 Å². The minimum absolute atomic E-state index is 0.0217. The summed E-state index contributed by atoms with van der Waals surface area (Å²) in [6.45, 7) is 3.06. The summed E-state index contributed by atoms with van der Waals surface area (Å²) in [5.74, 6) is -1.40. The van der Waals surface area contributed by atoms with E-state index in [1.54, 1.807) is 17.9 Å². The summed E-state index contributed by atoms with van der Waals surface area (Å²) in [4.78, 5) is 40.6. The van der Waals surface area contributed by atoms with Gasteiger partial charge in [0.1, 0.15) is 0 Å². The van der Waals surface area contributed by atoms with Gasteiger partial charge in [0.2, 0.25) is 5.91 Å². The van der Waals surface area contributed by atoms with Gasteiger partial charge in [-0.3, -0.25) is 9.59 Å². The molecule has 0 fully saturated rings. The Hall–Kier alpha value is -4.43. The summed E-state index contributed by atoms with van der Waals surface area (Å²) >= 11 is 0. The van der Waals surface area contributed by atoms with Gasteiger partial charge in [0, 0.05) is 30.4 Å². The lowest BCUT2D eigenvalue weighted by molar-refractivity contribution is -0.116. The highest BCUT2D eigenvalue weighted by atomic mass is 16.4. The third-order valence-corrected chi connectivity index (χ3v) is 6.14. The third kappa shape index (κ3) is 5.87. The Morgan fingerprint density at radius 2 is 1.62 bits per heavy atom. The molecule has 3 N–H and O–H groups in total. The molecule has 1 aliphatic rings. The maximum absolute atomic E-state index is 13.1. The number of hydrogen-bond acceptors (Lipinski definition) is 5. The first kappa shape index (κ1) is 25.7. The smallest absolute Gasteiger partial charge is 0.335 e. The first-order valence-electron chi connectivity index (χ1n) is 12.0. The molecular formula is C29H30N4O4. The second-order valence-corrected chi connectivity index (χ2v) is 9.14. The predicted octanol–water partition coefficient (Wildman–Crippen LogP) is 4.62. The molecule has 0 unspecified atom stereocenters. The zero-order valence-corrected chi connectivity index (χ0v) is 21.1. The first-order chi connectivity index (χ1) is 17.7. The Bertz CT molecular complexity index is 1350. The average molecular weight is 499 g/mol. The van der Waals surface area contributed by atoms with Crippen LogP contribution in [0.2, 0.25) is 0 Å². The molecule has 190 valence electrons. The number of hydrogen-bond donors (Lipinski definition) is 3. The highest BCUT2D eigenvalue weighted by Crippen LogP contribution is 2.38. The first-order valence-corrected chi connectivity index (χ1v) is 12.0. The van der Waals surface area contributed by atoms with Crippen LogP contribution in [0, 0.1) is 0 Å². The second-order valence-electron chi connectivity index (χ2n) is 9.14. The van der Waals surface area contributed by atoms with Crippen LogP contribution in [0.4, 0.5) is 17.1 Å². The summed E-state index contributed by atoms with van der Waals surface area (Å²) in [7, 11) is 4.01. The minimum atomic E-state index is -1.06. The molecule has 0 aliphatic carbocycles. The van der Waals surface area contributed by atoms with E-state index in [0.29, 0.717) is 29.1 Å². The van der Waals surface area contributed by atoms with Crippen molar-refractivity contribution in [2.24, 2.45) is 0 Å². The van der Waals surface area contributed by atoms with Crippen LogP contribution >= 0.6 is 0 Å². The van der Waals surface area contributed by atoms with Gasteiger partial charge in [-0.05, 0) is 69.0 Å². The van der Waals surface area contributed by atoms with Crippen molar-refractivity contribution in [2.45, 2.75) is 13.3 Å². The number of fused-ring (bicyclic) bond motifs is 1. The van der Waals surface area contributed by atoms with Gasteiger partial charge >= 0.3 is 5.97 Å². The van der Waals surface area contributed by atoms with E-state index in [-0.39, 0.29) is 17.4 Å². The number of carboxylic acid groups (broad SMARTS) is 1. The second kappa shape index (κ2) is 11.1. The summed E-state index contributed by atoms with van der Waals surface area (Å²) in [6.07, 6.45) is 0.856. The fourth-order valence-corrected chi connectivity index (χ4v) is 4.32. The van der Waals surface area contributed by atoms with E-state index in [2.05, 4.69) is 15.5 Å². The van der Waals surface area contributed by atoms with Crippen LogP contribution in [0.15, 0.2) is 72.8 Å². The number of benzene rings is 3. The molecule has 3 aromatic carbocycles. The molecule has 0 atom stereocenters. The van der Waals surface area contributed by atoms with Crippen molar-refractivity contribution in [3.63, 3.8) is 0 Å². The van der Waals surface area contributed by atoms with Gasteiger partial charge in [-0.25, -0.2) is 4.79 Å². The maximum atomic E-state index is 13.1. The van der Waals surface area contributed by atoms with E-state index in [1.807, 2.05) is 68.7 Å². The van der Waals surface area contributed by atoms with E-state index in [9.17, 15) is 19.5 Å². The van der Waals surface area contributed by atoms with Crippen molar-refractivity contribution in [3.05, 3.63) is 89.5 Å². The van der Waals surface area contributed by atoms with Crippen LogP contribution in [0.5, 0.6) is 0 Å². The van der Waals surface area contributed by atoms with Crippen LogP contribution in [-0.2, 0) is 9.59 Å². The number of nitrogens with one attached hydrogen (secondary N) is 2.